The van der Waals surface area contributed by atoms with Crippen LogP contribution in [0.5, 0.6) is 0 Å². The van der Waals surface area contributed by atoms with Gasteiger partial charge in [-0.05, 0) is 48.9 Å². The number of sulfonamides is 1. The first-order chi connectivity index (χ1) is 11.4. The van der Waals surface area contributed by atoms with Gasteiger partial charge in [-0.2, -0.15) is 11.8 Å². The van der Waals surface area contributed by atoms with Crippen LogP contribution in [0.1, 0.15) is 29.7 Å². The van der Waals surface area contributed by atoms with Gasteiger partial charge in [0.2, 0.25) is 10.0 Å². The van der Waals surface area contributed by atoms with Crippen molar-refractivity contribution in [2.45, 2.75) is 30.4 Å². The summed E-state index contributed by atoms with van der Waals surface area (Å²) < 4.78 is 27.4. The molecule has 130 valence electrons. The van der Waals surface area contributed by atoms with E-state index in [1.54, 1.807) is 36.0 Å². The van der Waals surface area contributed by atoms with E-state index in [1.165, 1.54) is 0 Å². The Kier molecular flexibility index (Phi) is 7.16. The molecule has 24 heavy (non-hydrogen) atoms. The van der Waals surface area contributed by atoms with Crippen LogP contribution in [0.3, 0.4) is 0 Å². The average Bonchev–Trinajstić information content (AvgIpc) is 2.54. The third kappa shape index (κ3) is 5.52. The number of aryl methyl sites for hydroxylation is 1. The van der Waals surface area contributed by atoms with Crippen LogP contribution in [0, 0.1) is 6.92 Å². The molecule has 1 N–H and O–H groups in total. The van der Waals surface area contributed by atoms with Crippen molar-refractivity contribution in [1.29, 1.82) is 0 Å². The summed E-state index contributed by atoms with van der Waals surface area (Å²) in [7, 11) is -3.46. The zero-order valence-electron chi connectivity index (χ0n) is 13.8. The Morgan fingerprint density at radius 1 is 1.17 bits per heavy atom. The van der Waals surface area contributed by atoms with E-state index in [4.69, 9.17) is 11.6 Å². The Bertz CT molecular complexity index is 761. The molecule has 2 rings (SSSR count). The molecule has 0 aromatic heterocycles. The lowest BCUT2D eigenvalue weighted by Gasteiger charge is -2.17. The normalized spacial score (nSPS) is 13.0. The number of hydrogen-bond donors (Lipinski definition) is 1. The maximum Gasteiger partial charge on any atom is 0.240 e. The first-order valence-electron chi connectivity index (χ1n) is 7.86. The number of hydrogen-bond acceptors (Lipinski definition) is 3. The van der Waals surface area contributed by atoms with Gasteiger partial charge in [-0.1, -0.05) is 48.4 Å². The quantitative estimate of drug-likeness (QED) is 0.711. The van der Waals surface area contributed by atoms with Crippen molar-refractivity contribution < 1.29 is 8.42 Å². The van der Waals surface area contributed by atoms with E-state index in [-0.39, 0.29) is 5.25 Å². The van der Waals surface area contributed by atoms with Gasteiger partial charge in [0.25, 0.3) is 0 Å². The van der Waals surface area contributed by atoms with Crippen LogP contribution in [0.4, 0.5) is 0 Å². The highest BCUT2D eigenvalue weighted by molar-refractivity contribution is 7.99. The fraction of sp³-hybridized carbons (Fsp3) is 0.333. The Labute approximate surface area is 153 Å². The minimum absolute atomic E-state index is 0.217. The Morgan fingerprint density at radius 2 is 1.88 bits per heavy atom. The molecular weight excluding hydrogens is 362 g/mol. The second kappa shape index (κ2) is 8.90. The fourth-order valence-corrected chi connectivity index (χ4v) is 4.65. The summed E-state index contributed by atoms with van der Waals surface area (Å²) in [4.78, 5) is 0.301. The molecule has 1 atom stereocenters. The smallest absolute Gasteiger partial charge is 0.211 e. The predicted octanol–water partition coefficient (Wildman–Crippen LogP) is 4.81. The summed E-state index contributed by atoms with van der Waals surface area (Å²) in [5, 5.41) is 0.920. The lowest BCUT2D eigenvalue weighted by atomic mass is 10.1. The molecule has 0 amide bonds. The summed E-state index contributed by atoms with van der Waals surface area (Å²) in [6.45, 7) is 4.42. The van der Waals surface area contributed by atoms with Crippen molar-refractivity contribution in [2.75, 3.05) is 12.3 Å². The highest BCUT2D eigenvalue weighted by Crippen LogP contribution is 2.32. The van der Waals surface area contributed by atoms with E-state index in [2.05, 4.69) is 11.6 Å². The van der Waals surface area contributed by atoms with Crippen LogP contribution < -0.4 is 4.72 Å². The molecule has 6 heteroatoms. The summed E-state index contributed by atoms with van der Waals surface area (Å²) in [6.07, 6.45) is 0.712. The molecule has 0 aliphatic heterocycles. The van der Waals surface area contributed by atoms with Crippen LogP contribution in [0.2, 0.25) is 5.02 Å². The Balaban J connectivity index is 2.01. The van der Waals surface area contributed by atoms with Gasteiger partial charge in [-0.15, -0.1) is 0 Å². The molecule has 1 unspecified atom stereocenters. The first-order valence-corrected chi connectivity index (χ1v) is 10.8. The third-order valence-electron chi connectivity index (χ3n) is 3.62. The average molecular weight is 384 g/mol. The monoisotopic (exact) mass is 383 g/mol. The maximum absolute atomic E-state index is 12.3. The lowest BCUT2D eigenvalue weighted by molar-refractivity contribution is 0.578. The fourth-order valence-electron chi connectivity index (χ4n) is 2.38. The van der Waals surface area contributed by atoms with Crippen molar-refractivity contribution in [1.82, 2.24) is 4.72 Å². The van der Waals surface area contributed by atoms with E-state index in [0.29, 0.717) is 22.9 Å². The van der Waals surface area contributed by atoms with Gasteiger partial charge in [-0.3, -0.25) is 0 Å². The molecule has 0 aliphatic rings. The van der Waals surface area contributed by atoms with E-state index in [1.807, 2.05) is 31.2 Å². The van der Waals surface area contributed by atoms with Crippen LogP contribution in [-0.4, -0.2) is 20.7 Å². The van der Waals surface area contributed by atoms with Gasteiger partial charge in [0, 0.05) is 16.8 Å². The van der Waals surface area contributed by atoms with E-state index in [0.717, 1.165) is 16.9 Å². The second-order valence-corrected chi connectivity index (χ2v) is 9.18. The van der Waals surface area contributed by atoms with E-state index < -0.39 is 10.0 Å². The number of benzene rings is 2. The largest absolute Gasteiger partial charge is 0.240 e. The van der Waals surface area contributed by atoms with Gasteiger partial charge < -0.3 is 0 Å². The van der Waals surface area contributed by atoms with E-state index >= 15 is 0 Å². The highest BCUT2D eigenvalue weighted by Gasteiger charge is 2.16. The second-order valence-electron chi connectivity index (χ2n) is 5.50. The SMILES string of the molecule is CCSC(CCNS(=O)(=O)c1ccc(C)cc1)c1cccc(Cl)c1. The zero-order chi connectivity index (χ0) is 17.6. The molecule has 0 aliphatic carbocycles. The van der Waals surface area contributed by atoms with E-state index in [9.17, 15) is 8.42 Å². The number of rotatable bonds is 8. The Morgan fingerprint density at radius 3 is 2.50 bits per heavy atom. The number of thioether (sulfide) groups is 1. The molecule has 2 aromatic carbocycles. The lowest BCUT2D eigenvalue weighted by Crippen LogP contribution is -2.25. The molecule has 0 fully saturated rings. The zero-order valence-corrected chi connectivity index (χ0v) is 16.2. The first kappa shape index (κ1) is 19.3. The predicted molar refractivity (Wildman–Crippen MR) is 103 cm³/mol. The standard InChI is InChI=1S/C18H22ClNO2S2/c1-3-23-18(15-5-4-6-16(19)13-15)11-12-20-24(21,22)17-9-7-14(2)8-10-17/h4-10,13,18,20H,3,11-12H2,1-2H3. The molecular formula is C18H22ClNO2S2. The molecule has 0 heterocycles. The van der Waals surface area contributed by atoms with Crippen molar-refractivity contribution in [3.63, 3.8) is 0 Å². The molecule has 0 radical (unpaired) electrons. The van der Waals surface area contributed by atoms with Crippen LogP contribution >= 0.6 is 23.4 Å². The minimum atomic E-state index is -3.46. The van der Waals surface area contributed by atoms with Gasteiger partial charge in [0.1, 0.15) is 0 Å². The minimum Gasteiger partial charge on any atom is -0.211 e. The summed E-state index contributed by atoms with van der Waals surface area (Å²) in [5.74, 6) is 0.960. The van der Waals surface area contributed by atoms with Gasteiger partial charge >= 0.3 is 0 Å². The van der Waals surface area contributed by atoms with Crippen LogP contribution in [-0.2, 0) is 10.0 Å². The highest BCUT2D eigenvalue weighted by atomic mass is 35.5. The van der Waals surface area contributed by atoms with Gasteiger partial charge in [-0.25, -0.2) is 13.1 Å². The summed E-state index contributed by atoms with van der Waals surface area (Å²) in [6, 6.07) is 14.6. The molecule has 3 nitrogen and oxygen atoms in total. The van der Waals surface area contributed by atoms with Crippen LogP contribution in [0.25, 0.3) is 0 Å². The van der Waals surface area contributed by atoms with Crippen molar-refractivity contribution in [2.24, 2.45) is 0 Å². The van der Waals surface area contributed by atoms with Gasteiger partial charge in [0.05, 0.1) is 4.90 Å². The number of halogens is 1. The summed E-state index contributed by atoms with van der Waals surface area (Å²) in [5.41, 5.74) is 2.16. The molecule has 0 saturated heterocycles. The van der Waals surface area contributed by atoms with Crippen molar-refractivity contribution in [3.8, 4) is 0 Å². The third-order valence-corrected chi connectivity index (χ3v) is 6.57. The number of nitrogens with one attached hydrogen (secondary N) is 1. The molecule has 0 bridgehead atoms. The molecule has 0 spiro atoms. The Hall–Kier alpha value is -1.01. The van der Waals surface area contributed by atoms with Gasteiger partial charge in [0.15, 0.2) is 0 Å². The maximum atomic E-state index is 12.3. The van der Waals surface area contributed by atoms with Crippen molar-refractivity contribution in [3.05, 3.63) is 64.7 Å². The molecule has 2 aromatic rings. The van der Waals surface area contributed by atoms with Crippen LogP contribution in [0.15, 0.2) is 53.4 Å². The summed E-state index contributed by atoms with van der Waals surface area (Å²) >= 11 is 7.86. The topological polar surface area (TPSA) is 46.2 Å². The molecule has 0 saturated carbocycles. The van der Waals surface area contributed by atoms with Crippen molar-refractivity contribution >= 4 is 33.4 Å².